The Morgan fingerprint density at radius 2 is 1.90 bits per heavy atom. The number of aliphatic carboxylic acids is 1. The lowest BCUT2D eigenvalue weighted by Crippen LogP contribution is -2.31. The second-order valence-corrected chi connectivity index (χ2v) is 10.8. The van der Waals surface area contributed by atoms with Crippen LogP contribution in [-0.2, 0) is 30.8 Å². The van der Waals surface area contributed by atoms with Crippen LogP contribution in [0.2, 0.25) is 10.0 Å². The largest absolute Gasteiger partial charge is 0.481 e. The normalized spacial score (nSPS) is 13.1. The molecule has 10 nitrogen and oxygen atoms in total. The Labute approximate surface area is 252 Å². The van der Waals surface area contributed by atoms with Crippen molar-refractivity contribution in [3.05, 3.63) is 98.9 Å². The first-order chi connectivity index (χ1) is 20.3. The summed E-state index contributed by atoms with van der Waals surface area (Å²) < 4.78 is 7.44. The number of carboxylic acids is 1. The standard InChI is InChI=1S/C30H29Cl2N5O5/c31-20-12-21(32)14-24(13-20)42-23-5-1-3-19(11-23)26(15-28(39)40)36-30(41)25-16-34-37(27(25)17-38)10-8-22-7-6-18-4-2-9-33-29(18)35-22/h1,3,5-7,11-14,16,26,38H,2,4,8-10,15,17H2,(H,33,35)(H,36,41)(H,39,40). The molecule has 1 atom stereocenters. The average Bonchev–Trinajstić information content (AvgIpc) is 3.38. The van der Waals surface area contributed by atoms with Gasteiger partial charge in [0.1, 0.15) is 17.3 Å². The summed E-state index contributed by atoms with van der Waals surface area (Å²) in [6.07, 6.45) is 3.63. The maximum Gasteiger partial charge on any atom is 0.305 e. The number of ether oxygens (including phenoxy) is 1. The Balaban J connectivity index is 1.30. The van der Waals surface area contributed by atoms with Crippen LogP contribution in [0.5, 0.6) is 11.5 Å². The Morgan fingerprint density at radius 1 is 1.10 bits per heavy atom. The summed E-state index contributed by atoms with van der Waals surface area (Å²) in [5.41, 5.74) is 3.07. The van der Waals surface area contributed by atoms with Crippen LogP contribution in [0.4, 0.5) is 5.82 Å². The molecule has 2 aromatic heterocycles. The number of aliphatic hydroxyl groups excluding tert-OH is 1. The van der Waals surface area contributed by atoms with Crippen molar-refractivity contribution in [3.63, 3.8) is 0 Å². The van der Waals surface area contributed by atoms with Crippen molar-refractivity contribution in [1.29, 1.82) is 0 Å². The molecule has 1 unspecified atom stereocenters. The molecule has 0 saturated carbocycles. The van der Waals surface area contributed by atoms with Crippen LogP contribution in [0.3, 0.4) is 0 Å². The van der Waals surface area contributed by atoms with Crippen molar-refractivity contribution in [1.82, 2.24) is 20.1 Å². The molecule has 5 rings (SSSR count). The van der Waals surface area contributed by atoms with Crippen LogP contribution in [0, 0.1) is 0 Å². The fraction of sp³-hybridized carbons (Fsp3) is 0.267. The maximum atomic E-state index is 13.3. The molecular formula is C30H29Cl2N5O5. The molecule has 4 N–H and O–H groups in total. The van der Waals surface area contributed by atoms with E-state index in [0.717, 1.165) is 30.9 Å². The fourth-order valence-electron chi connectivity index (χ4n) is 4.87. The van der Waals surface area contributed by atoms with E-state index in [-0.39, 0.29) is 12.0 Å². The lowest BCUT2D eigenvalue weighted by atomic mass is 10.0. The summed E-state index contributed by atoms with van der Waals surface area (Å²) in [6, 6.07) is 14.7. The molecule has 1 aliphatic rings. The number of carbonyl (C=O) groups is 2. The lowest BCUT2D eigenvalue weighted by molar-refractivity contribution is -0.137. The van der Waals surface area contributed by atoms with E-state index in [1.54, 1.807) is 47.1 Å². The quantitative estimate of drug-likeness (QED) is 0.177. The van der Waals surface area contributed by atoms with Gasteiger partial charge in [-0.2, -0.15) is 5.10 Å². The number of halogens is 2. The predicted octanol–water partition coefficient (Wildman–Crippen LogP) is 5.42. The zero-order valence-electron chi connectivity index (χ0n) is 22.5. The summed E-state index contributed by atoms with van der Waals surface area (Å²) in [5.74, 6) is 0.0616. The van der Waals surface area contributed by atoms with E-state index in [9.17, 15) is 19.8 Å². The Bertz CT molecular complexity index is 1590. The first-order valence-electron chi connectivity index (χ1n) is 13.4. The van der Waals surface area contributed by atoms with E-state index in [4.69, 9.17) is 32.9 Å². The molecule has 0 spiro atoms. The van der Waals surface area contributed by atoms with Crippen LogP contribution in [0.25, 0.3) is 0 Å². The van der Waals surface area contributed by atoms with Crippen LogP contribution >= 0.6 is 23.2 Å². The number of pyridine rings is 1. The fourth-order valence-corrected chi connectivity index (χ4v) is 5.38. The Morgan fingerprint density at radius 3 is 2.67 bits per heavy atom. The van der Waals surface area contributed by atoms with Gasteiger partial charge >= 0.3 is 5.97 Å². The Hall–Kier alpha value is -4.12. The smallest absolute Gasteiger partial charge is 0.305 e. The molecule has 3 heterocycles. The van der Waals surface area contributed by atoms with Gasteiger partial charge in [-0.3, -0.25) is 14.3 Å². The molecule has 1 aliphatic heterocycles. The second-order valence-electron chi connectivity index (χ2n) is 9.88. The highest BCUT2D eigenvalue weighted by Crippen LogP contribution is 2.30. The lowest BCUT2D eigenvalue weighted by Gasteiger charge is -2.19. The SMILES string of the molecule is O=C(O)CC(NC(=O)c1cnn(CCc2ccc3c(n2)NCCC3)c1CO)c1cccc(Oc2cc(Cl)cc(Cl)c2)c1. The van der Waals surface area contributed by atoms with E-state index < -0.39 is 24.5 Å². The Kier molecular flexibility index (Phi) is 9.26. The second kappa shape index (κ2) is 13.2. The van der Waals surface area contributed by atoms with Crippen molar-refractivity contribution in [2.24, 2.45) is 0 Å². The number of carboxylic acid groups (broad SMARTS) is 1. The predicted molar refractivity (Wildman–Crippen MR) is 158 cm³/mol. The number of hydrogen-bond donors (Lipinski definition) is 4. The van der Waals surface area contributed by atoms with Crippen molar-refractivity contribution in [2.75, 3.05) is 11.9 Å². The molecular weight excluding hydrogens is 581 g/mol. The van der Waals surface area contributed by atoms with Gasteiger partial charge in [-0.05, 0) is 60.4 Å². The molecule has 1 amide bonds. The van der Waals surface area contributed by atoms with Gasteiger partial charge in [0, 0.05) is 35.2 Å². The number of aromatic nitrogens is 3. The topological polar surface area (TPSA) is 139 Å². The third-order valence-corrected chi connectivity index (χ3v) is 7.33. The molecule has 12 heteroatoms. The first-order valence-corrected chi connectivity index (χ1v) is 14.2. The summed E-state index contributed by atoms with van der Waals surface area (Å²) in [7, 11) is 0. The molecule has 0 bridgehead atoms. The number of anilines is 1. The van der Waals surface area contributed by atoms with E-state index in [1.807, 2.05) is 6.07 Å². The number of fused-ring (bicyclic) bond motifs is 1. The van der Waals surface area contributed by atoms with Crippen LogP contribution in [0.1, 0.15) is 51.8 Å². The van der Waals surface area contributed by atoms with Gasteiger partial charge in [0.25, 0.3) is 5.91 Å². The number of nitrogens with zero attached hydrogens (tertiary/aromatic N) is 3. The highest BCUT2D eigenvalue weighted by atomic mass is 35.5. The van der Waals surface area contributed by atoms with Crippen molar-refractivity contribution >= 4 is 40.9 Å². The molecule has 4 aromatic rings. The minimum atomic E-state index is -1.10. The van der Waals surface area contributed by atoms with Gasteiger partial charge in [-0.15, -0.1) is 0 Å². The number of rotatable bonds is 11. The van der Waals surface area contributed by atoms with Gasteiger partial charge in [0.05, 0.1) is 36.5 Å². The number of aryl methyl sites for hydroxylation is 3. The van der Waals surface area contributed by atoms with Gasteiger partial charge < -0.3 is 25.6 Å². The molecule has 218 valence electrons. The summed E-state index contributed by atoms with van der Waals surface area (Å²) in [4.78, 5) is 29.7. The number of nitrogens with one attached hydrogen (secondary N) is 2. The number of carbonyl (C=O) groups excluding carboxylic acids is 1. The van der Waals surface area contributed by atoms with Gasteiger partial charge in [-0.1, -0.05) is 41.4 Å². The third kappa shape index (κ3) is 7.20. The highest BCUT2D eigenvalue weighted by Gasteiger charge is 2.23. The molecule has 2 aromatic carbocycles. The number of aliphatic hydroxyl groups is 1. The van der Waals surface area contributed by atoms with Gasteiger partial charge in [-0.25, -0.2) is 4.98 Å². The van der Waals surface area contributed by atoms with E-state index in [0.29, 0.717) is 45.8 Å². The number of hydrogen-bond acceptors (Lipinski definition) is 7. The molecule has 42 heavy (non-hydrogen) atoms. The van der Waals surface area contributed by atoms with Crippen LogP contribution in [0.15, 0.2) is 60.8 Å². The summed E-state index contributed by atoms with van der Waals surface area (Å²) in [5, 5.41) is 30.9. The molecule has 0 fully saturated rings. The zero-order chi connectivity index (χ0) is 29.6. The van der Waals surface area contributed by atoms with Crippen molar-refractivity contribution < 1.29 is 24.5 Å². The van der Waals surface area contributed by atoms with E-state index in [1.165, 1.54) is 11.8 Å². The molecule has 0 radical (unpaired) electrons. The van der Waals surface area contributed by atoms with Gasteiger partial charge in [0.15, 0.2) is 0 Å². The van der Waals surface area contributed by atoms with Crippen molar-refractivity contribution in [3.8, 4) is 11.5 Å². The number of benzene rings is 2. The van der Waals surface area contributed by atoms with Crippen LogP contribution in [-0.4, -0.2) is 43.4 Å². The minimum absolute atomic E-state index is 0.161. The van der Waals surface area contributed by atoms with Gasteiger partial charge in [0.2, 0.25) is 0 Å². The zero-order valence-corrected chi connectivity index (χ0v) is 24.0. The maximum absolute atomic E-state index is 13.3. The van der Waals surface area contributed by atoms with Crippen LogP contribution < -0.4 is 15.4 Å². The first kappa shape index (κ1) is 29.4. The highest BCUT2D eigenvalue weighted by molar-refractivity contribution is 6.34. The summed E-state index contributed by atoms with van der Waals surface area (Å²) in [6.45, 7) is 0.879. The van der Waals surface area contributed by atoms with E-state index >= 15 is 0 Å². The average molecular weight is 610 g/mol. The number of amides is 1. The summed E-state index contributed by atoms with van der Waals surface area (Å²) >= 11 is 12.1. The molecule has 0 aliphatic carbocycles. The third-order valence-electron chi connectivity index (χ3n) is 6.89. The molecule has 0 saturated heterocycles. The monoisotopic (exact) mass is 609 g/mol. The van der Waals surface area contributed by atoms with E-state index in [2.05, 4.69) is 21.8 Å². The minimum Gasteiger partial charge on any atom is -0.481 e. The van der Waals surface area contributed by atoms with Crippen molar-refractivity contribution in [2.45, 2.75) is 44.9 Å².